The molecule has 4 aliphatic rings. The lowest BCUT2D eigenvalue weighted by atomic mass is 9.52. The second-order valence-corrected chi connectivity index (χ2v) is 9.73. The molecule has 4 aliphatic carbocycles. The molecule has 0 amide bonds. The van der Waals surface area contributed by atoms with Crippen LogP contribution in [0.15, 0.2) is 11.6 Å². The van der Waals surface area contributed by atoms with Gasteiger partial charge in [-0.05, 0) is 81.1 Å². The molecule has 0 aromatic carbocycles. The third-order valence-electron chi connectivity index (χ3n) is 8.46. The Balaban J connectivity index is 1.47. The molecule has 0 N–H and O–H groups in total. The number of hydrogen-bond acceptors (Lipinski definition) is 4. The largest absolute Gasteiger partial charge is 0.462 e. The van der Waals surface area contributed by atoms with Gasteiger partial charge in [-0.25, -0.2) is 0 Å². The van der Waals surface area contributed by atoms with Crippen molar-refractivity contribution in [1.82, 2.24) is 0 Å². The standard InChI is InChI=1S/C24H36O4/c1-4-22(25)27-16-7-9-17-15(14-16)6-8-19-18(17)12-13-24(3)20(19)10-11-21(24)28-23(26)5-2/h14,16-21H,4-13H2,1-3H3/t16-,17-,18+,19+,20-,21-,24-/m0/s1. The van der Waals surface area contributed by atoms with E-state index in [9.17, 15) is 9.59 Å². The summed E-state index contributed by atoms with van der Waals surface area (Å²) >= 11 is 0. The lowest BCUT2D eigenvalue weighted by Crippen LogP contribution is -2.48. The zero-order valence-corrected chi connectivity index (χ0v) is 17.7. The Hall–Kier alpha value is -1.32. The molecule has 0 radical (unpaired) electrons. The first kappa shape index (κ1) is 20.0. The molecule has 0 saturated heterocycles. The molecule has 0 aliphatic heterocycles. The van der Waals surface area contributed by atoms with Crippen LogP contribution in [0.5, 0.6) is 0 Å². The topological polar surface area (TPSA) is 52.6 Å². The van der Waals surface area contributed by atoms with Gasteiger partial charge < -0.3 is 9.47 Å². The quantitative estimate of drug-likeness (QED) is 0.490. The van der Waals surface area contributed by atoms with Gasteiger partial charge in [0.1, 0.15) is 12.2 Å². The Bertz CT molecular complexity index is 653. The Morgan fingerprint density at radius 2 is 1.71 bits per heavy atom. The zero-order chi connectivity index (χ0) is 19.9. The summed E-state index contributed by atoms with van der Waals surface area (Å²) in [7, 11) is 0. The molecule has 0 aromatic heterocycles. The summed E-state index contributed by atoms with van der Waals surface area (Å²) < 4.78 is 11.5. The maximum absolute atomic E-state index is 11.9. The fraction of sp³-hybridized carbons (Fsp3) is 0.833. The van der Waals surface area contributed by atoms with Gasteiger partial charge in [0.2, 0.25) is 0 Å². The van der Waals surface area contributed by atoms with Crippen LogP contribution < -0.4 is 0 Å². The van der Waals surface area contributed by atoms with Crippen LogP contribution in [0.4, 0.5) is 0 Å². The molecule has 7 atom stereocenters. The lowest BCUT2D eigenvalue weighted by Gasteiger charge is -2.53. The molecule has 28 heavy (non-hydrogen) atoms. The Labute approximate surface area is 169 Å². The van der Waals surface area contributed by atoms with E-state index in [0.29, 0.717) is 24.7 Å². The fourth-order valence-corrected chi connectivity index (χ4v) is 7.03. The first-order chi connectivity index (χ1) is 13.5. The maximum Gasteiger partial charge on any atom is 0.306 e. The molecule has 0 bridgehead atoms. The Kier molecular flexibility index (Phi) is 5.59. The molecular weight excluding hydrogens is 352 g/mol. The average molecular weight is 389 g/mol. The van der Waals surface area contributed by atoms with Crippen LogP contribution in [0, 0.1) is 29.1 Å². The normalized spacial score (nSPS) is 41.9. The highest BCUT2D eigenvalue weighted by atomic mass is 16.5. The number of ether oxygens (including phenoxy) is 2. The molecule has 156 valence electrons. The molecule has 3 saturated carbocycles. The van der Waals surface area contributed by atoms with Gasteiger partial charge in [0, 0.05) is 18.3 Å². The van der Waals surface area contributed by atoms with E-state index in [1.54, 1.807) is 5.57 Å². The Morgan fingerprint density at radius 3 is 2.46 bits per heavy atom. The monoisotopic (exact) mass is 388 g/mol. The number of fused-ring (bicyclic) bond motifs is 5. The summed E-state index contributed by atoms with van der Waals surface area (Å²) in [6, 6.07) is 0. The molecule has 0 heterocycles. The first-order valence-electron chi connectivity index (χ1n) is 11.6. The highest BCUT2D eigenvalue weighted by molar-refractivity contribution is 5.69. The van der Waals surface area contributed by atoms with Crippen LogP contribution in [0.3, 0.4) is 0 Å². The highest BCUT2D eigenvalue weighted by Gasteiger charge is 2.57. The maximum atomic E-state index is 11.9. The van der Waals surface area contributed by atoms with E-state index in [2.05, 4.69) is 13.0 Å². The van der Waals surface area contributed by atoms with E-state index < -0.39 is 0 Å². The molecule has 0 spiro atoms. The van der Waals surface area contributed by atoms with Crippen molar-refractivity contribution in [3.63, 3.8) is 0 Å². The highest BCUT2D eigenvalue weighted by Crippen LogP contribution is 2.62. The summed E-state index contributed by atoms with van der Waals surface area (Å²) in [5.74, 6) is 2.78. The predicted molar refractivity (Wildman–Crippen MR) is 107 cm³/mol. The van der Waals surface area contributed by atoms with Crippen LogP contribution in [0.2, 0.25) is 0 Å². The molecule has 0 unspecified atom stereocenters. The van der Waals surface area contributed by atoms with E-state index in [1.165, 1.54) is 25.7 Å². The molecular formula is C24H36O4. The van der Waals surface area contributed by atoms with Gasteiger partial charge in [0.15, 0.2) is 0 Å². The molecule has 4 nitrogen and oxygen atoms in total. The number of rotatable bonds is 4. The van der Waals surface area contributed by atoms with E-state index in [1.807, 2.05) is 13.8 Å². The molecule has 0 aromatic rings. The smallest absolute Gasteiger partial charge is 0.306 e. The second kappa shape index (κ2) is 7.84. The van der Waals surface area contributed by atoms with Crippen LogP contribution in [0.1, 0.15) is 85.0 Å². The van der Waals surface area contributed by atoms with Gasteiger partial charge in [-0.2, -0.15) is 0 Å². The average Bonchev–Trinajstić information content (AvgIpc) is 3.03. The summed E-state index contributed by atoms with van der Waals surface area (Å²) in [6.07, 6.45) is 12.5. The SMILES string of the molecule is CCC(=O)O[C@@H]1C=C2CC[C@@H]3[C@H](CC[C@]4(C)[C@@H](OC(=O)CC)CC[C@@H]34)[C@H]2CC1. The van der Waals surface area contributed by atoms with Gasteiger partial charge in [-0.15, -0.1) is 0 Å². The summed E-state index contributed by atoms with van der Waals surface area (Å²) in [6.45, 7) is 6.13. The Morgan fingerprint density at radius 1 is 0.964 bits per heavy atom. The van der Waals surface area contributed by atoms with Crippen molar-refractivity contribution in [2.45, 2.75) is 97.2 Å². The van der Waals surface area contributed by atoms with Gasteiger partial charge in [0.05, 0.1) is 0 Å². The van der Waals surface area contributed by atoms with E-state index >= 15 is 0 Å². The summed E-state index contributed by atoms with van der Waals surface area (Å²) in [5.41, 5.74) is 1.72. The number of esters is 2. The third-order valence-corrected chi connectivity index (χ3v) is 8.46. The van der Waals surface area contributed by atoms with Gasteiger partial charge in [0.25, 0.3) is 0 Å². The number of allylic oxidation sites excluding steroid dienone is 1. The van der Waals surface area contributed by atoms with E-state index in [0.717, 1.165) is 37.5 Å². The van der Waals surface area contributed by atoms with Crippen LogP contribution in [0.25, 0.3) is 0 Å². The van der Waals surface area contributed by atoms with E-state index in [4.69, 9.17) is 9.47 Å². The molecule has 3 fully saturated rings. The van der Waals surface area contributed by atoms with Crippen molar-refractivity contribution in [3.05, 3.63) is 11.6 Å². The summed E-state index contributed by atoms with van der Waals surface area (Å²) in [4.78, 5) is 23.6. The zero-order valence-electron chi connectivity index (χ0n) is 17.7. The van der Waals surface area contributed by atoms with Crippen molar-refractivity contribution < 1.29 is 19.1 Å². The first-order valence-corrected chi connectivity index (χ1v) is 11.6. The van der Waals surface area contributed by atoms with Crippen molar-refractivity contribution in [1.29, 1.82) is 0 Å². The van der Waals surface area contributed by atoms with Crippen molar-refractivity contribution >= 4 is 11.9 Å². The molecule has 4 heteroatoms. The molecule has 4 rings (SSSR count). The van der Waals surface area contributed by atoms with Crippen molar-refractivity contribution in [2.24, 2.45) is 29.1 Å². The van der Waals surface area contributed by atoms with E-state index in [-0.39, 0.29) is 29.6 Å². The number of carbonyl (C=O) groups excluding carboxylic acids is 2. The minimum Gasteiger partial charge on any atom is -0.462 e. The van der Waals surface area contributed by atoms with Crippen molar-refractivity contribution in [2.75, 3.05) is 0 Å². The fourth-order valence-electron chi connectivity index (χ4n) is 7.03. The van der Waals surface area contributed by atoms with Crippen molar-refractivity contribution in [3.8, 4) is 0 Å². The van der Waals surface area contributed by atoms with Gasteiger partial charge in [-0.3, -0.25) is 9.59 Å². The predicted octanol–water partition coefficient (Wildman–Crippen LogP) is 5.20. The third kappa shape index (κ3) is 3.41. The van der Waals surface area contributed by atoms with Crippen LogP contribution >= 0.6 is 0 Å². The van der Waals surface area contributed by atoms with Crippen LogP contribution in [-0.2, 0) is 19.1 Å². The lowest BCUT2D eigenvalue weighted by molar-refractivity contribution is -0.158. The minimum atomic E-state index is -0.0824. The minimum absolute atomic E-state index is 0.00609. The number of carbonyl (C=O) groups is 2. The van der Waals surface area contributed by atoms with Gasteiger partial charge in [-0.1, -0.05) is 26.3 Å². The number of hydrogen-bond donors (Lipinski definition) is 0. The van der Waals surface area contributed by atoms with Gasteiger partial charge >= 0.3 is 11.9 Å². The summed E-state index contributed by atoms with van der Waals surface area (Å²) in [5, 5.41) is 0. The van der Waals surface area contributed by atoms with Crippen LogP contribution in [-0.4, -0.2) is 24.1 Å². The second-order valence-electron chi connectivity index (χ2n) is 9.73.